The molecule has 3 rings (SSSR count). The van der Waals surface area contributed by atoms with E-state index in [0.29, 0.717) is 16.8 Å². The van der Waals surface area contributed by atoms with Gasteiger partial charge in [-0.25, -0.2) is 9.36 Å². The first-order valence-electron chi connectivity index (χ1n) is 6.76. The molecule has 0 aliphatic heterocycles. The van der Waals surface area contributed by atoms with E-state index in [4.69, 9.17) is 4.74 Å². The summed E-state index contributed by atoms with van der Waals surface area (Å²) in [7, 11) is 1.68. The highest BCUT2D eigenvalue weighted by molar-refractivity contribution is 5.72. The van der Waals surface area contributed by atoms with E-state index in [0.717, 1.165) is 4.68 Å². The molecule has 1 N–H and O–H groups in total. The summed E-state index contributed by atoms with van der Waals surface area (Å²) in [5.41, 5.74) is 0.0770. The molecule has 2 aromatic heterocycles. The van der Waals surface area contributed by atoms with Gasteiger partial charge in [0.15, 0.2) is 5.65 Å². The van der Waals surface area contributed by atoms with Crippen molar-refractivity contribution in [1.29, 1.82) is 0 Å². The van der Waals surface area contributed by atoms with Crippen molar-refractivity contribution < 1.29 is 9.84 Å². The lowest BCUT2D eigenvalue weighted by atomic mass is 10.3. The third kappa shape index (κ3) is 2.82. The molecule has 0 aliphatic carbocycles. The first-order valence-corrected chi connectivity index (χ1v) is 6.76. The Morgan fingerprint density at radius 1 is 1.32 bits per heavy atom. The molecule has 3 aromatic rings. The Hall–Kier alpha value is -2.74. The molecule has 0 bridgehead atoms. The highest BCUT2D eigenvalue weighted by Crippen LogP contribution is 2.08. The van der Waals surface area contributed by atoms with Gasteiger partial charge in [-0.05, 0) is 12.1 Å². The Kier molecular flexibility index (Phi) is 3.84. The van der Waals surface area contributed by atoms with Gasteiger partial charge in [0, 0.05) is 7.05 Å². The number of aryl methyl sites for hydroxylation is 1. The SMILES string of the molecule is Cn1ncc2c(=O)n(CC(O)COc3ccccc3)nnc21. The van der Waals surface area contributed by atoms with E-state index in [1.54, 1.807) is 19.2 Å². The van der Waals surface area contributed by atoms with Gasteiger partial charge in [-0.2, -0.15) is 5.10 Å². The van der Waals surface area contributed by atoms with Crippen LogP contribution in [0.3, 0.4) is 0 Å². The Bertz CT molecular complexity index is 827. The van der Waals surface area contributed by atoms with Crippen LogP contribution in [-0.2, 0) is 13.6 Å². The van der Waals surface area contributed by atoms with Crippen LogP contribution in [0.1, 0.15) is 0 Å². The third-order valence-corrected chi connectivity index (χ3v) is 3.19. The average molecular weight is 301 g/mol. The first kappa shape index (κ1) is 14.2. The molecule has 0 amide bonds. The van der Waals surface area contributed by atoms with E-state index in [1.807, 2.05) is 18.2 Å². The fraction of sp³-hybridized carbons (Fsp3) is 0.286. The lowest BCUT2D eigenvalue weighted by molar-refractivity contribution is 0.0873. The number of rotatable bonds is 5. The van der Waals surface area contributed by atoms with Gasteiger partial charge in [0.05, 0.1) is 12.7 Å². The van der Waals surface area contributed by atoms with Crippen molar-refractivity contribution in [3.63, 3.8) is 0 Å². The molecule has 1 aromatic carbocycles. The molecule has 0 spiro atoms. The standard InChI is InChI=1S/C14H15N5O3/c1-18-13-12(7-15-18)14(21)19(17-16-13)8-10(20)9-22-11-5-3-2-4-6-11/h2-7,10,20H,8-9H2,1H3. The second-order valence-electron chi connectivity index (χ2n) is 4.86. The van der Waals surface area contributed by atoms with E-state index < -0.39 is 6.10 Å². The number of nitrogens with zero attached hydrogens (tertiary/aromatic N) is 5. The van der Waals surface area contributed by atoms with Crippen LogP contribution >= 0.6 is 0 Å². The minimum absolute atomic E-state index is 0.00347. The van der Waals surface area contributed by atoms with Crippen LogP contribution < -0.4 is 10.3 Å². The number of hydrogen-bond acceptors (Lipinski definition) is 6. The lowest BCUT2D eigenvalue weighted by Crippen LogP contribution is -2.32. The number of aliphatic hydroxyl groups is 1. The van der Waals surface area contributed by atoms with Gasteiger partial charge in [0.2, 0.25) is 0 Å². The van der Waals surface area contributed by atoms with E-state index in [-0.39, 0.29) is 18.7 Å². The summed E-state index contributed by atoms with van der Waals surface area (Å²) in [5.74, 6) is 0.655. The van der Waals surface area contributed by atoms with Crippen LogP contribution in [0.2, 0.25) is 0 Å². The largest absolute Gasteiger partial charge is 0.491 e. The molecule has 8 heteroatoms. The smallest absolute Gasteiger partial charge is 0.280 e. The Labute approximate surface area is 125 Å². The van der Waals surface area contributed by atoms with E-state index in [2.05, 4.69) is 15.4 Å². The summed E-state index contributed by atoms with van der Waals surface area (Å²) in [4.78, 5) is 12.2. The van der Waals surface area contributed by atoms with Crippen LogP contribution in [0, 0.1) is 0 Å². The topological polar surface area (TPSA) is 95.1 Å². The molecule has 8 nitrogen and oxygen atoms in total. The van der Waals surface area contributed by atoms with Crippen LogP contribution in [0.25, 0.3) is 11.0 Å². The molecule has 0 saturated carbocycles. The van der Waals surface area contributed by atoms with Crippen LogP contribution in [0.5, 0.6) is 5.75 Å². The van der Waals surface area contributed by atoms with Crippen molar-refractivity contribution in [2.24, 2.45) is 7.05 Å². The zero-order valence-electron chi connectivity index (χ0n) is 12.0. The first-order chi connectivity index (χ1) is 10.6. The summed E-state index contributed by atoms with van der Waals surface area (Å²) in [6.45, 7) is 0.0622. The number of aliphatic hydroxyl groups excluding tert-OH is 1. The molecule has 1 atom stereocenters. The average Bonchev–Trinajstić information content (AvgIpc) is 2.91. The fourth-order valence-corrected chi connectivity index (χ4v) is 2.06. The molecule has 2 heterocycles. The maximum atomic E-state index is 12.2. The van der Waals surface area contributed by atoms with Crippen molar-refractivity contribution in [2.45, 2.75) is 12.6 Å². The second kappa shape index (κ2) is 5.94. The Morgan fingerprint density at radius 3 is 2.86 bits per heavy atom. The zero-order valence-corrected chi connectivity index (χ0v) is 12.0. The molecule has 22 heavy (non-hydrogen) atoms. The molecule has 114 valence electrons. The molecule has 0 fully saturated rings. The van der Waals surface area contributed by atoms with Gasteiger partial charge >= 0.3 is 0 Å². The Morgan fingerprint density at radius 2 is 2.09 bits per heavy atom. The van der Waals surface area contributed by atoms with Crippen molar-refractivity contribution >= 4 is 11.0 Å². The monoisotopic (exact) mass is 301 g/mol. The summed E-state index contributed by atoms with van der Waals surface area (Å²) < 4.78 is 8.03. The third-order valence-electron chi connectivity index (χ3n) is 3.19. The quantitative estimate of drug-likeness (QED) is 0.711. The van der Waals surface area contributed by atoms with Gasteiger partial charge in [-0.1, -0.05) is 23.4 Å². The lowest BCUT2D eigenvalue weighted by Gasteiger charge is -2.12. The van der Waals surface area contributed by atoms with Crippen molar-refractivity contribution in [2.75, 3.05) is 6.61 Å². The zero-order chi connectivity index (χ0) is 15.5. The van der Waals surface area contributed by atoms with Crippen molar-refractivity contribution in [1.82, 2.24) is 24.8 Å². The fourth-order valence-electron chi connectivity index (χ4n) is 2.06. The maximum absolute atomic E-state index is 12.2. The van der Waals surface area contributed by atoms with Gasteiger partial charge in [0.1, 0.15) is 23.8 Å². The molecule has 0 saturated heterocycles. The predicted molar refractivity (Wildman–Crippen MR) is 78.5 cm³/mol. The molecule has 0 radical (unpaired) electrons. The minimum Gasteiger partial charge on any atom is -0.491 e. The summed E-state index contributed by atoms with van der Waals surface area (Å²) >= 11 is 0. The van der Waals surface area contributed by atoms with Gasteiger partial charge in [-0.15, -0.1) is 5.10 Å². The summed E-state index contributed by atoms with van der Waals surface area (Å²) in [6.07, 6.45) is 0.566. The summed E-state index contributed by atoms with van der Waals surface area (Å²) in [6, 6.07) is 9.14. The highest BCUT2D eigenvalue weighted by atomic mass is 16.5. The van der Waals surface area contributed by atoms with Crippen molar-refractivity contribution in [3.8, 4) is 5.75 Å². The van der Waals surface area contributed by atoms with Crippen LogP contribution in [-0.4, -0.2) is 42.6 Å². The molecular weight excluding hydrogens is 286 g/mol. The minimum atomic E-state index is -0.874. The van der Waals surface area contributed by atoms with Crippen LogP contribution in [0.4, 0.5) is 0 Å². The second-order valence-corrected chi connectivity index (χ2v) is 4.86. The van der Waals surface area contributed by atoms with Gasteiger partial charge in [0.25, 0.3) is 5.56 Å². The number of ether oxygens (including phenoxy) is 1. The Balaban J connectivity index is 1.70. The van der Waals surface area contributed by atoms with Crippen molar-refractivity contribution in [3.05, 3.63) is 46.9 Å². The maximum Gasteiger partial charge on any atom is 0.280 e. The molecular formula is C14H15N5O3. The molecule has 0 aliphatic rings. The number of hydrogen-bond donors (Lipinski definition) is 1. The highest BCUT2D eigenvalue weighted by Gasteiger charge is 2.13. The summed E-state index contributed by atoms with van der Waals surface area (Å²) in [5, 5.41) is 22.1. The van der Waals surface area contributed by atoms with Gasteiger partial charge < -0.3 is 9.84 Å². The van der Waals surface area contributed by atoms with E-state index >= 15 is 0 Å². The van der Waals surface area contributed by atoms with Gasteiger partial charge in [-0.3, -0.25) is 4.79 Å². The molecule has 1 unspecified atom stereocenters. The number of fused-ring (bicyclic) bond motifs is 1. The number of para-hydroxylation sites is 1. The van der Waals surface area contributed by atoms with Crippen LogP contribution in [0.15, 0.2) is 41.3 Å². The number of benzene rings is 1. The number of aromatic nitrogens is 5. The van der Waals surface area contributed by atoms with E-state index in [9.17, 15) is 9.90 Å². The predicted octanol–water partition coefficient (Wildman–Crippen LogP) is -0.0351. The van der Waals surface area contributed by atoms with E-state index in [1.165, 1.54) is 10.9 Å². The normalized spacial score (nSPS) is 12.5.